The molecule has 0 radical (unpaired) electrons. The van der Waals surface area contributed by atoms with Crippen LogP contribution in [0.5, 0.6) is 0 Å². The molecule has 0 atom stereocenters. The third-order valence-electron chi connectivity index (χ3n) is 3.81. The van der Waals surface area contributed by atoms with Gasteiger partial charge in [0, 0.05) is 26.2 Å². The third kappa shape index (κ3) is 3.94. The second-order valence-corrected chi connectivity index (χ2v) is 7.00. The van der Waals surface area contributed by atoms with Gasteiger partial charge in [0.1, 0.15) is 4.90 Å². The van der Waals surface area contributed by atoms with E-state index in [1.807, 2.05) is 12.1 Å². The number of rotatable bonds is 6. The first-order chi connectivity index (χ1) is 10.1. The van der Waals surface area contributed by atoms with Gasteiger partial charge in [0.15, 0.2) is 0 Å². The molecule has 1 saturated heterocycles. The molecule has 1 aliphatic heterocycles. The van der Waals surface area contributed by atoms with Crippen molar-refractivity contribution < 1.29 is 8.42 Å². The van der Waals surface area contributed by atoms with E-state index >= 15 is 0 Å². The van der Waals surface area contributed by atoms with E-state index in [0.29, 0.717) is 11.4 Å². The highest BCUT2D eigenvalue weighted by atomic mass is 32.2. The molecule has 118 valence electrons. The fourth-order valence-electron chi connectivity index (χ4n) is 2.58. The summed E-state index contributed by atoms with van der Waals surface area (Å²) in [6, 6.07) is 7.16. The van der Waals surface area contributed by atoms with Gasteiger partial charge in [0.25, 0.3) is 0 Å². The van der Waals surface area contributed by atoms with Gasteiger partial charge in [-0.25, -0.2) is 13.1 Å². The van der Waals surface area contributed by atoms with Gasteiger partial charge in [-0.1, -0.05) is 12.1 Å². The second kappa shape index (κ2) is 7.22. The Labute approximate surface area is 127 Å². The Morgan fingerprint density at radius 2 is 1.86 bits per heavy atom. The quantitative estimate of drug-likeness (QED) is 0.777. The number of hydrogen-bond donors (Lipinski definition) is 2. The van der Waals surface area contributed by atoms with Crippen molar-refractivity contribution in [3.05, 3.63) is 24.3 Å². The summed E-state index contributed by atoms with van der Waals surface area (Å²) in [7, 11) is -1.99. The molecular weight excluding hydrogens is 288 g/mol. The molecule has 0 aromatic heterocycles. The summed E-state index contributed by atoms with van der Waals surface area (Å²) < 4.78 is 26.6. The fourth-order valence-corrected chi connectivity index (χ4v) is 3.53. The maximum absolute atomic E-state index is 12.1. The largest absolute Gasteiger partial charge is 0.368 e. The molecule has 0 bridgehead atoms. The smallest absolute Gasteiger partial charge is 0.242 e. The number of nitrogens with one attached hydrogen (secondary N) is 1. The first kappa shape index (κ1) is 16.2. The maximum atomic E-state index is 12.1. The lowest BCUT2D eigenvalue weighted by molar-refractivity contribution is 0.256. The summed E-state index contributed by atoms with van der Waals surface area (Å²) in [5, 5.41) is 0. The Hall–Kier alpha value is -1.15. The molecule has 1 heterocycles. The van der Waals surface area contributed by atoms with Gasteiger partial charge in [-0.2, -0.15) is 0 Å². The van der Waals surface area contributed by atoms with E-state index in [1.165, 1.54) is 7.05 Å². The number of hydrogen-bond acceptors (Lipinski definition) is 5. The summed E-state index contributed by atoms with van der Waals surface area (Å²) in [4.78, 5) is 4.87. The molecule has 0 unspecified atom stereocenters. The Balaban J connectivity index is 2.11. The highest BCUT2D eigenvalue weighted by Gasteiger charge is 2.23. The molecule has 6 nitrogen and oxygen atoms in total. The lowest BCUT2D eigenvalue weighted by Gasteiger charge is -2.36. The standard InChI is InChI=1S/C14H24N4O2S/c1-16-21(19,20)14-6-3-2-5-13(14)18-11-9-17(10-12-18)8-4-7-15/h2-3,5-6,16H,4,7-12,15H2,1H3. The molecule has 0 amide bonds. The van der Waals surface area contributed by atoms with E-state index in [9.17, 15) is 8.42 Å². The van der Waals surface area contributed by atoms with Crippen LogP contribution in [-0.4, -0.2) is 59.6 Å². The number of anilines is 1. The van der Waals surface area contributed by atoms with Gasteiger partial charge >= 0.3 is 0 Å². The lowest BCUT2D eigenvalue weighted by Crippen LogP contribution is -2.47. The van der Waals surface area contributed by atoms with Crippen LogP contribution in [0, 0.1) is 0 Å². The summed E-state index contributed by atoms with van der Waals surface area (Å²) in [6.45, 7) is 5.27. The van der Waals surface area contributed by atoms with Crippen LogP contribution in [0.15, 0.2) is 29.2 Å². The van der Waals surface area contributed by atoms with E-state index < -0.39 is 10.0 Å². The predicted molar refractivity (Wildman–Crippen MR) is 85.0 cm³/mol. The number of sulfonamides is 1. The average molecular weight is 312 g/mol. The summed E-state index contributed by atoms with van der Waals surface area (Å²) >= 11 is 0. The van der Waals surface area contributed by atoms with Crippen LogP contribution < -0.4 is 15.4 Å². The van der Waals surface area contributed by atoms with Crippen molar-refractivity contribution in [1.82, 2.24) is 9.62 Å². The number of nitrogens with two attached hydrogens (primary N) is 1. The Morgan fingerprint density at radius 1 is 1.19 bits per heavy atom. The summed E-state index contributed by atoms with van der Waals surface area (Å²) in [5.41, 5.74) is 6.32. The molecule has 1 aliphatic rings. The van der Waals surface area contributed by atoms with Crippen LogP contribution in [0.3, 0.4) is 0 Å². The minimum atomic E-state index is -3.43. The fraction of sp³-hybridized carbons (Fsp3) is 0.571. The molecular formula is C14H24N4O2S. The van der Waals surface area contributed by atoms with Gasteiger partial charge in [-0.05, 0) is 38.7 Å². The molecule has 0 saturated carbocycles. The zero-order valence-electron chi connectivity index (χ0n) is 12.5. The zero-order chi connectivity index (χ0) is 15.3. The minimum absolute atomic E-state index is 0.350. The Morgan fingerprint density at radius 3 is 2.48 bits per heavy atom. The molecule has 1 fully saturated rings. The number of piperazine rings is 1. The Bertz CT molecular complexity index is 554. The molecule has 2 rings (SSSR count). The van der Waals surface area contributed by atoms with Crippen molar-refractivity contribution >= 4 is 15.7 Å². The number of nitrogens with zero attached hydrogens (tertiary/aromatic N) is 2. The van der Waals surface area contributed by atoms with Gasteiger partial charge in [-0.3, -0.25) is 4.90 Å². The maximum Gasteiger partial charge on any atom is 0.242 e. The van der Waals surface area contributed by atoms with Gasteiger partial charge in [0.2, 0.25) is 10.0 Å². The highest BCUT2D eigenvalue weighted by Crippen LogP contribution is 2.25. The molecule has 7 heteroatoms. The van der Waals surface area contributed by atoms with Crippen molar-refractivity contribution in [3.8, 4) is 0 Å². The molecule has 3 N–H and O–H groups in total. The highest BCUT2D eigenvalue weighted by molar-refractivity contribution is 7.89. The SMILES string of the molecule is CNS(=O)(=O)c1ccccc1N1CCN(CCCN)CC1. The first-order valence-electron chi connectivity index (χ1n) is 7.28. The molecule has 0 spiro atoms. The lowest BCUT2D eigenvalue weighted by atomic mass is 10.2. The summed E-state index contributed by atoms with van der Waals surface area (Å²) in [5.74, 6) is 0. The first-order valence-corrected chi connectivity index (χ1v) is 8.77. The molecule has 1 aromatic carbocycles. The topological polar surface area (TPSA) is 78.7 Å². The average Bonchev–Trinajstić information content (AvgIpc) is 2.53. The number of benzene rings is 1. The van der Waals surface area contributed by atoms with E-state index in [-0.39, 0.29) is 0 Å². The molecule has 1 aromatic rings. The van der Waals surface area contributed by atoms with Crippen LogP contribution in [-0.2, 0) is 10.0 Å². The van der Waals surface area contributed by atoms with Crippen LogP contribution in [0.4, 0.5) is 5.69 Å². The third-order valence-corrected chi connectivity index (χ3v) is 5.28. The summed E-state index contributed by atoms with van der Waals surface area (Å²) in [6.07, 6.45) is 1.00. The van der Waals surface area contributed by atoms with Crippen molar-refractivity contribution in [2.45, 2.75) is 11.3 Å². The van der Waals surface area contributed by atoms with Crippen LogP contribution >= 0.6 is 0 Å². The van der Waals surface area contributed by atoms with Gasteiger partial charge in [-0.15, -0.1) is 0 Å². The van der Waals surface area contributed by atoms with Crippen molar-refractivity contribution in [2.75, 3.05) is 51.2 Å². The normalized spacial score (nSPS) is 17.1. The monoisotopic (exact) mass is 312 g/mol. The van der Waals surface area contributed by atoms with Crippen molar-refractivity contribution in [1.29, 1.82) is 0 Å². The van der Waals surface area contributed by atoms with Gasteiger partial charge in [0.05, 0.1) is 5.69 Å². The minimum Gasteiger partial charge on any atom is -0.368 e. The van der Waals surface area contributed by atoms with Gasteiger partial charge < -0.3 is 10.6 Å². The molecule has 21 heavy (non-hydrogen) atoms. The van der Waals surface area contributed by atoms with Crippen LogP contribution in [0.1, 0.15) is 6.42 Å². The van der Waals surface area contributed by atoms with Crippen LogP contribution in [0.2, 0.25) is 0 Å². The molecule has 0 aliphatic carbocycles. The van der Waals surface area contributed by atoms with E-state index in [2.05, 4.69) is 14.5 Å². The second-order valence-electron chi connectivity index (χ2n) is 5.15. The van der Waals surface area contributed by atoms with E-state index in [4.69, 9.17) is 5.73 Å². The van der Waals surface area contributed by atoms with Crippen LogP contribution in [0.25, 0.3) is 0 Å². The number of para-hydroxylation sites is 1. The van der Waals surface area contributed by atoms with E-state index in [0.717, 1.165) is 44.8 Å². The predicted octanol–water partition coefficient (Wildman–Crippen LogP) is 0.0655. The Kier molecular flexibility index (Phi) is 5.58. The van der Waals surface area contributed by atoms with Crippen molar-refractivity contribution in [3.63, 3.8) is 0 Å². The van der Waals surface area contributed by atoms with Crippen molar-refractivity contribution in [2.24, 2.45) is 5.73 Å². The van der Waals surface area contributed by atoms with E-state index in [1.54, 1.807) is 12.1 Å². The zero-order valence-corrected chi connectivity index (χ0v) is 13.3.